The van der Waals surface area contributed by atoms with E-state index in [-0.39, 0.29) is 11.6 Å². The van der Waals surface area contributed by atoms with Crippen molar-refractivity contribution < 1.29 is 28.7 Å². The summed E-state index contributed by atoms with van der Waals surface area (Å²) < 4.78 is 31.7. The van der Waals surface area contributed by atoms with Crippen molar-refractivity contribution in [3.63, 3.8) is 0 Å². The fraction of sp³-hybridized carbons (Fsp3) is 0.259. The fourth-order valence-electron chi connectivity index (χ4n) is 3.90. The van der Waals surface area contributed by atoms with Crippen molar-refractivity contribution in [2.24, 2.45) is 5.92 Å². The Labute approximate surface area is 205 Å². The van der Waals surface area contributed by atoms with Crippen LogP contribution < -0.4 is 0 Å². The summed E-state index contributed by atoms with van der Waals surface area (Å²) in [6.45, 7) is 3.67. The highest BCUT2D eigenvalue weighted by Gasteiger charge is 2.63. The summed E-state index contributed by atoms with van der Waals surface area (Å²) >= 11 is 0. The Morgan fingerprint density at radius 2 is 1.69 bits per heavy atom. The van der Waals surface area contributed by atoms with Gasteiger partial charge in [-0.2, -0.15) is 0 Å². The molecule has 1 heterocycles. The molecule has 0 amide bonds. The van der Waals surface area contributed by atoms with Gasteiger partial charge >= 0.3 is 5.97 Å². The molecule has 3 aromatic rings. The minimum Gasteiger partial charge on any atom is -0.479 e. The van der Waals surface area contributed by atoms with Gasteiger partial charge in [-0.05, 0) is 29.8 Å². The van der Waals surface area contributed by atoms with Gasteiger partial charge in [-0.3, -0.25) is 0 Å². The molecule has 4 unspecified atom stereocenters. The van der Waals surface area contributed by atoms with Crippen LogP contribution in [0.3, 0.4) is 0 Å². The molecule has 182 valence electrons. The number of aliphatic carboxylic acids is 1. The average molecular weight is 495 g/mol. The molecule has 0 spiro atoms. The lowest BCUT2D eigenvalue weighted by molar-refractivity contribution is -0.182. The van der Waals surface area contributed by atoms with E-state index in [0.717, 1.165) is 12.7 Å². The van der Waals surface area contributed by atoms with Crippen LogP contribution >= 0.6 is 8.46 Å². The van der Waals surface area contributed by atoms with Crippen molar-refractivity contribution in [1.29, 1.82) is 0 Å². The summed E-state index contributed by atoms with van der Waals surface area (Å²) in [5, 5.41) is 20.0. The third-order valence-electron chi connectivity index (χ3n) is 5.72. The number of methoxy groups -OCH3 is 1. The molecule has 4 atom stereocenters. The van der Waals surface area contributed by atoms with Crippen LogP contribution in [-0.2, 0) is 19.7 Å². The van der Waals surface area contributed by atoms with E-state index in [2.05, 4.69) is 16.8 Å². The van der Waals surface area contributed by atoms with E-state index in [1.807, 2.05) is 44.2 Å². The van der Waals surface area contributed by atoms with Crippen molar-refractivity contribution >= 4 is 14.4 Å². The van der Waals surface area contributed by atoms with Gasteiger partial charge in [-0.25, -0.2) is 14.2 Å². The van der Waals surface area contributed by atoms with Gasteiger partial charge in [0.25, 0.3) is 0 Å². The number of carboxylic acid groups (broad SMARTS) is 1. The second kappa shape index (κ2) is 11.0. The molecule has 1 aromatic heterocycles. The monoisotopic (exact) mass is 495 g/mol. The van der Waals surface area contributed by atoms with Crippen molar-refractivity contribution in [1.82, 2.24) is 4.98 Å². The van der Waals surface area contributed by atoms with Crippen LogP contribution in [0.4, 0.5) is 4.39 Å². The molecule has 35 heavy (non-hydrogen) atoms. The number of halogens is 1. The molecule has 0 radical (unpaired) electrons. The Balaban J connectivity index is 2.40. The number of hydrogen-bond acceptors (Lipinski definition) is 5. The molecular formula is C27H27FNO5P. The molecule has 0 saturated heterocycles. The van der Waals surface area contributed by atoms with E-state index in [4.69, 9.17) is 4.74 Å². The van der Waals surface area contributed by atoms with Gasteiger partial charge in [0.2, 0.25) is 5.34 Å². The molecule has 2 aromatic carbocycles. The van der Waals surface area contributed by atoms with E-state index < -0.39 is 37.1 Å². The number of carboxylic acids is 1. The lowest BCUT2D eigenvalue weighted by Gasteiger charge is -2.43. The molecule has 0 bridgehead atoms. The Morgan fingerprint density at radius 3 is 2.23 bits per heavy atom. The third kappa shape index (κ3) is 5.06. The summed E-state index contributed by atoms with van der Waals surface area (Å²) in [5.74, 6) is 2.38. The third-order valence-corrected chi connectivity index (χ3v) is 6.97. The highest BCUT2D eigenvalue weighted by molar-refractivity contribution is 7.27. The van der Waals surface area contributed by atoms with E-state index in [1.54, 1.807) is 12.1 Å². The zero-order valence-corrected chi connectivity index (χ0v) is 20.8. The van der Waals surface area contributed by atoms with E-state index in [0.29, 0.717) is 11.3 Å². The van der Waals surface area contributed by atoms with Crippen LogP contribution in [0.2, 0.25) is 0 Å². The first-order chi connectivity index (χ1) is 16.7. The van der Waals surface area contributed by atoms with Crippen molar-refractivity contribution in [2.75, 3.05) is 7.11 Å². The van der Waals surface area contributed by atoms with Gasteiger partial charge in [0.1, 0.15) is 14.3 Å². The number of rotatable bonds is 8. The highest BCUT2D eigenvalue weighted by atomic mass is 31.1. The molecule has 3 rings (SSSR count). The number of hydrogen-bond donors (Lipinski definition) is 2. The molecule has 0 aliphatic heterocycles. The number of nitrogens with zero attached hydrogens (tertiary/aromatic N) is 1. The Morgan fingerprint density at radius 1 is 1.03 bits per heavy atom. The largest absolute Gasteiger partial charge is 0.479 e. The molecule has 0 aliphatic rings. The second-order valence-electron chi connectivity index (χ2n) is 8.33. The van der Waals surface area contributed by atoms with Gasteiger partial charge < -0.3 is 19.5 Å². The van der Waals surface area contributed by atoms with Crippen LogP contribution in [-0.4, -0.2) is 33.6 Å². The van der Waals surface area contributed by atoms with Crippen LogP contribution in [0, 0.1) is 23.6 Å². The molecule has 0 saturated carbocycles. The standard InChI is InChI=1S/C27H27FNO5P/c1-18(2)12-17-22(19-13-15-21(28)16-14-19)26(32,27(34-3,35-33)25(30)31)24-11-7-10-23(29-24)20-8-5-4-6-9-20/h4-11,13-16,18,22,32H,35H2,1-3H3,(H,30,31). The molecule has 0 fully saturated rings. The van der Waals surface area contributed by atoms with Crippen LogP contribution in [0.15, 0.2) is 72.8 Å². The predicted octanol–water partition coefficient (Wildman–Crippen LogP) is 4.70. The van der Waals surface area contributed by atoms with E-state index in [1.165, 1.54) is 30.3 Å². The number of aromatic nitrogens is 1. The lowest BCUT2D eigenvalue weighted by Crippen LogP contribution is -2.58. The molecule has 2 N–H and O–H groups in total. The number of ether oxygens (including phenoxy) is 1. The summed E-state index contributed by atoms with van der Waals surface area (Å²) in [6, 6.07) is 19.1. The van der Waals surface area contributed by atoms with Crippen LogP contribution in [0.1, 0.15) is 31.0 Å². The Kier molecular flexibility index (Phi) is 8.24. The van der Waals surface area contributed by atoms with Crippen molar-refractivity contribution in [3.05, 3.63) is 89.9 Å². The maximum atomic E-state index is 13.7. The first-order valence-corrected chi connectivity index (χ1v) is 12.0. The van der Waals surface area contributed by atoms with E-state index >= 15 is 0 Å². The zero-order valence-electron chi connectivity index (χ0n) is 19.6. The minimum absolute atomic E-state index is 0.0844. The van der Waals surface area contributed by atoms with Gasteiger partial charge in [0.05, 0.1) is 17.3 Å². The SMILES string of the molecule is COC([PH2]=O)(C(=O)O)C(O)(c1cccc(-c2ccccc2)n1)C(C#CC(C)C)c1ccc(F)cc1. The number of benzene rings is 2. The summed E-state index contributed by atoms with van der Waals surface area (Å²) in [7, 11) is -1.17. The number of aliphatic hydroxyl groups is 1. The van der Waals surface area contributed by atoms with E-state index in [9.17, 15) is 24.0 Å². The minimum atomic E-state index is -2.57. The van der Waals surface area contributed by atoms with Gasteiger partial charge in [-0.1, -0.05) is 74.2 Å². The molecule has 6 nitrogen and oxygen atoms in total. The molecule has 0 aliphatic carbocycles. The second-order valence-corrected chi connectivity index (χ2v) is 9.38. The zero-order chi connectivity index (χ0) is 25.6. The normalized spacial score (nSPS) is 15.7. The fourth-order valence-corrected chi connectivity index (χ4v) is 4.59. The van der Waals surface area contributed by atoms with Crippen LogP contribution in [0.5, 0.6) is 0 Å². The smallest absolute Gasteiger partial charge is 0.346 e. The Bertz CT molecular complexity index is 1260. The number of carbonyl (C=O) groups is 1. The maximum Gasteiger partial charge on any atom is 0.346 e. The van der Waals surface area contributed by atoms with Crippen molar-refractivity contribution in [2.45, 2.75) is 30.7 Å². The van der Waals surface area contributed by atoms with Crippen molar-refractivity contribution in [3.8, 4) is 23.1 Å². The lowest BCUT2D eigenvalue weighted by atomic mass is 9.75. The maximum absolute atomic E-state index is 13.7. The van der Waals surface area contributed by atoms with Gasteiger partial charge in [0, 0.05) is 18.6 Å². The summed E-state index contributed by atoms with van der Waals surface area (Å²) in [5.41, 5.74) is -1.07. The quantitative estimate of drug-likeness (QED) is 0.347. The predicted molar refractivity (Wildman–Crippen MR) is 133 cm³/mol. The summed E-state index contributed by atoms with van der Waals surface area (Å²) in [6.07, 6.45) is 0. The molecule has 8 heteroatoms. The topological polar surface area (TPSA) is 96.7 Å². The van der Waals surface area contributed by atoms with Crippen LogP contribution in [0.25, 0.3) is 11.3 Å². The average Bonchev–Trinajstić information content (AvgIpc) is 2.86. The van der Waals surface area contributed by atoms with Gasteiger partial charge in [-0.15, -0.1) is 0 Å². The first kappa shape index (κ1) is 26.3. The number of pyridine rings is 1. The summed E-state index contributed by atoms with van der Waals surface area (Å²) in [4.78, 5) is 17.2. The first-order valence-electron chi connectivity index (χ1n) is 11.0. The molecular weight excluding hydrogens is 468 g/mol. The van der Waals surface area contributed by atoms with Gasteiger partial charge in [0.15, 0.2) is 5.60 Å². The highest BCUT2D eigenvalue weighted by Crippen LogP contribution is 2.51. The Hall–Kier alpha value is -3.30.